The van der Waals surface area contributed by atoms with E-state index >= 15 is 0 Å². The molecule has 0 amide bonds. The standard InChI is InChI=1S/C37H29F3N4O6S/c1-48-36(45)28-14-12-26(13-15-28)23-43-25-41-42-35(43)24-44(30-17-19-32(20-18-30)49-31-10-6-3-7-11-31)51(46,47)34-21-16-29(27-8-4-2-5-9-27)22-33(34)50-37(38,39)40/h2-22,25H,23-24H2,1H3. The first-order chi connectivity index (χ1) is 24.5. The molecule has 0 bridgehead atoms. The van der Waals surface area contributed by atoms with Gasteiger partial charge in [-0.2, -0.15) is 0 Å². The molecule has 0 aliphatic carbocycles. The van der Waals surface area contributed by atoms with E-state index in [1.807, 2.05) is 6.07 Å². The van der Waals surface area contributed by atoms with Crippen molar-refractivity contribution >= 4 is 21.7 Å². The number of halogens is 3. The van der Waals surface area contributed by atoms with E-state index in [0.717, 1.165) is 22.0 Å². The zero-order chi connectivity index (χ0) is 36.0. The molecular weight excluding hydrogens is 685 g/mol. The van der Waals surface area contributed by atoms with Crippen LogP contribution in [-0.4, -0.2) is 42.6 Å². The highest BCUT2D eigenvalue weighted by Crippen LogP contribution is 2.38. The van der Waals surface area contributed by atoms with Crippen LogP contribution in [0.1, 0.15) is 21.7 Å². The van der Waals surface area contributed by atoms with Gasteiger partial charge in [0.05, 0.1) is 31.5 Å². The van der Waals surface area contributed by atoms with Gasteiger partial charge in [-0.1, -0.05) is 66.7 Å². The lowest BCUT2D eigenvalue weighted by Gasteiger charge is -2.26. The van der Waals surface area contributed by atoms with Crippen molar-refractivity contribution < 1.29 is 40.6 Å². The Morgan fingerprint density at radius 3 is 2.10 bits per heavy atom. The van der Waals surface area contributed by atoms with Crippen LogP contribution in [-0.2, 0) is 27.8 Å². The molecule has 6 aromatic rings. The molecule has 0 N–H and O–H groups in total. The molecule has 10 nitrogen and oxygen atoms in total. The quantitative estimate of drug-likeness (QED) is 0.118. The number of anilines is 1. The van der Waals surface area contributed by atoms with Crippen LogP contribution in [0.4, 0.5) is 18.9 Å². The normalized spacial score (nSPS) is 11.5. The number of rotatable bonds is 12. The molecule has 260 valence electrons. The number of carbonyl (C=O) groups is 1. The van der Waals surface area contributed by atoms with Gasteiger partial charge in [0, 0.05) is 0 Å². The number of esters is 1. The first-order valence-electron chi connectivity index (χ1n) is 15.3. The fraction of sp³-hybridized carbons (Fsp3) is 0.108. The second-order valence-corrected chi connectivity index (χ2v) is 12.9. The van der Waals surface area contributed by atoms with Crippen molar-refractivity contribution in [2.75, 3.05) is 11.4 Å². The van der Waals surface area contributed by atoms with Gasteiger partial charge >= 0.3 is 12.3 Å². The summed E-state index contributed by atoms with van der Waals surface area (Å²) >= 11 is 0. The predicted molar refractivity (Wildman–Crippen MR) is 182 cm³/mol. The van der Waals surface area contributed by atoms with E-state index < -0.39 is 39.5 Å². The fourth-order valence-corrected chi connectivity index (χ4v) is 6.71. The van der Waals surface area contributed by atoms with E-state index in [1.165, 1.54) is 31.6 Å². The van der Waals surface area contributed by atoms with Gasteiger partial charge in [0.15, 0.2) is 11.6 Å². The second-order valence-electron chi connectivity index (χ2n) is 11.1. The van der Waals surface area contributed by atoms with E-state index in [4.69, 9.17) is 9.47 Å². The molecule has 14 heteroatoms. The number of nitrogens with zero attached hydrogens (tertiary/aromatic N) is 4. The number of hydrogen-bond acceptors (Lipinski definition) is 8. The van der Waals surface area contributed by atoms with Crippen molar-refractivity contribution in [3.8, 4) is 28.4 Å². The Morgan fingerprint density at radius 2 is 1.45 bits per heavy atom. The fourth-order valence-electron chi connectivity index (χ4n) is 5.20. The molecule has 0 aliphatic heterocycles. The predicted octanol–water partition coefficient (Wildman–Crippen LogP) is 7.87. The minimum Gasteiger partial charge on any atom is -0.465 e. The Kier molecular flexibility index (Phi) is 10.0. The molecule has 0 saturated carbocycles. The number of para-hydroxylation sites is 1. The number of carbonyl (C=O) groups excluding carboxylic acids is 1. The van der Waals surface area contributed by atoms with Crippen LogP contribution in [0.5, 0.6) is 17.2 Å². The van der Waals surface area contributed by atoms with Crippen molar-refractivity contribution in [2.24, 2.45) is 0 Å². The van der Waals surface area contributed by atoms with Gasteiger partial charge in [-0.15, -0.1) is 23.4 Å². The summed E-state index contributed by atoms with van der Waals surface area (Å²) in [5, 5.41) is 8.12. The van der Waals surface area contributed by atoms with Crippen molar-refractivity contribution in [1.82, 2.24) is 14.8 Å². The molecule has 1 heterocycles. The molecular formula is C37H29F3N4O6S. The highest BCUT2D eigenvalue weighted by Gasteiger charge is 2.37. The monoisotopic (exact) mass is 714 g/mol. The van der Waals surface area contributed by atoms with Gasteiger partial charge in [0.25, 0.3) is 10.0 Å². The van der Waals surface area contributed by atoms with Gasteiger partial charge in [-0.3, -0.25) is 4.31 Å². The number of benzene rings is 5. The van der Waals surface area contributed by atoms with Gasteiger partial charge in [-0.05, 0) is 77.4 Å². The summed E-state index contributed by atoms with van der Waals surface area (Å²) in [7, 11) is -3.50. The second kappa shape index (κ2) is 14.8. The summed E-state index contributed by atoms with van der Waals surface area (Å²) < 4.78 is 87.8. The maximum absolute atomic E-state index is 14.5. The largest absolute Gasteiger partial charge is 0.573 e. The summed E-state index contributed by atoms with van der Waals surface area (Å²) in [5.41, 5.74) is 2.07. The molecule has 6 rings (SSSR count). The summed E-state index contributed by atoms with van der Waals surface area (Å²) in [6.45, 7) is -0.233. The molecule has 0 aliphatic rings. The van der Waals surface area contributed by atoms with Crippen LogP contribution in [0.3, 0.4) is 0 Å². The third-order valence-electron chi connectivity index (χ3n) is 7.66. The van der Waals surface area contributed by atoms with Crippen LogP contribution < -0.4 is 13.8 Å². The molecule has 0 atom stereocenters. The third-order valence-corrected chi connectivity index (χ3v) is 9.47. The first kappa shape index (κ1) is 34.7. The van der Waals surface area contributed by atoms with Crippen molar-refractivity contribution in [1.29, 1.82) is 0 Å². The van der Waals surface area contributed by atoms with Gasteiger partial charge in [-0.25, -0.2) is 13.2 Å². The van der Waals surface area contributed by atoms with E-state index in [1.54, 1.807) is 95.6 Å². The molecule has 0 spiro atoms. The minimum absolute atomic E-state index is 0.109. The summed E-state index contributed by atoms with van der Waals surface area (Å²) in [6, 6.07) is 33.6. The zero-order valence-corrected chi connectivity index (χ0v) is 27.7. The molecule has 1 aromatic heterocycles. The van der Waals surface area contributed by atoms with Gasteiger partial charge in [0.2, 0.25) is 0 Å². The SMILES string of the molecule is COC(=O)c1ccc(Cn2cnnc2CN(c2ccc(Oc3ccccc3)cc2)S(=O)(=O)c2ccc(-c3ccccc3)cc2OC(F)(F)F)cc1. The summed E-state index contributed by atoms with van der Waals surface area (Å²) in [5.74, 6) is -0.271. The van der Waals surface area contributed by atoms with Crippen molar-refractivity contribution in [3.05, 3.63) is 151 Å². The van der Waals surface area contributed by atoms with E-state index in [9.17, 15) is 26.4 Å². The maximum Gasteiger partial charge on any atom is 0.573 e. The van der Waals surface area contributed by atoms with Gasteiger partial charge in [0.1, 0.15) is 22.7 Å². The molecule has 0 radical (unpaired) electrons. The maximum atomic E-state index is 14.5. The topological polar surface area (TPSA) is 113 Å². The molecule has 0 unspecified atom stereocenters. The average molecular weight is 715 g/mol. The zero-order valence-electron chi connectivity index (χ0n) is 26.9. The Bertz CT molecular complexity index is 2210. The number of aromatic nitrogens is 3. The number of ether oxygens (including phenoxy) is 3. The molecule has 51 heavy (non-hydrogen) atoms. The lowest BCUT2D eigenvalue weighted by Crippen LogP contribution is -2.32. The number of hydrogen-bond donors (Lipinski definition) is 0. The number of methoxy groups -OCH3 is 1. The van der Waals surface area contributed by atoms with Crippen LogP contribution in [0.25, 0.3) is 11.1 Å². The van der Waals surface area contributed by atoms with Crippen LogP contribution in [0, 0.1) is 0 Å². The average Bonchev–Trinajstić information content (AvgIpc) is 3.57. The third kappa shape index (κ3) is 8.36. The Labute approximate surface area is 291 Å². The number of sulfonamides is 1. The lowest BCUT2D eigenvalue weighted by molar-refractivity contribution is -0.275. The molecule has 0 fully saturated rings. The van der Waals surface area contributed by atoms with E-state index in [0.29, 0.717) is 28.2 Å². The van der Waals surface area contributed by atoms with Crippen LogP contribution in [0.2, 0.25) is 0 Å². The minimum atomic E-state index is -5.19. The van der Waals surface area contributed by atoms with Crippen LogP contribution in [0.15, 0.2) is 139 Å². The van der Waals surface area contributed by atoms with E-state index in [-0.39, 0.29) is 18.1 Å². The van der Waals surface area contributed by atoms with Crippen molar-refractivity contribution in [3.63, 3.8) is 0 Å². The Morgan fingerprint density at radius 1 is 0.804 bits per heavy atom. The highest BCUT2D eigenvalue weighted by atomic mass is 32.2. The Hall–Kier alpha value is -6.15. The number of alkyl halides is 3. The summed E-state index contributed by atoms with van der Waals surface area (Å²) in [6.07, 6.45) is -3.79. The Balaban J connectivity index is 1.39. The molecule has 5 aromatic carbocycles. The van der Waals surface area contributed by atoms with Gasteiger partial charge < -0.3 is 18.8 Å². The summed E-state index contributed by atoms with van der Waals surface area (Å²) in [4.78, 5) is 11.2. The smallest absolute Gasteiger partial charge is 0.465 e. The van der Waals surface area contributed by atoms with Crippen molar-refractivity contribution in [2.45, 2.75) is 24.3 Å². The highest BCUT2D eigenvalue weighted by molar-refractivity contribution is 7.93. The molecule has 0 saturated heterocycles. The van der Waals surface area contributed by atoms with E-state index in [2.05, 4.69) is 14.9 Å². The lowest BCUT2D eigenvalue weighted by atomic mass is 10.1. The van der Waals surface area contributed by atoms with Crippen LogP contribution >= 0.6 is 0 Å². The first-order valence-corrected chi connectivity index (χ1v) is 16.8.